The number of halogens is 1. The van der Waals surface area contributed by atoms with Gasteiger partial charge in [-0.3, -0.25) is 14.3 Å². The second kappa shape index (κ2) is 8.78. The summed E-state index contributed by atoms with van der Waals surface area (Å²) in [6.45, 7) is 3.80. The molecule has 27 heavy (non-hydrogen) atoms. The third-order valence-electron chi connectivity index (χ3n) is 3.87. The first-order valence-electron chi connectivity index (χ1n) is 8.44. The normalized spacial score (nSPS) is 12.1. The fourth-order valence-electron chi connectivity index (χ4n) is 2.46. The summed E-state index contributed by atoms with van der Waals surface area (Å²) in [6.07, 6.45) is 2.42. The van der Waals surface area contributed by atoms with Crippen LogP contribution in [-0.2, 0) is 17.2 Å². The zero-order valence-electron chi connectivity index (χ0n) is 14.9. The predicted octanol–water partition coefficient (Wildman–Crippen LogP) is 5.16. The van der Waals surface area contributed by atoms with Crippen molar-refractivity contribution in [3.8, 4) is 0 Å². The van der Waals surface area contributed by atoms with Crippen molar-refractivity contribution in [2.45, 2.75) is 30.4 Å². The number of anilines is 1. The summed E-state index contributed by atoms with van der Waals surface area (Å²) in [5.41, 5.74) is 1.52. The summed E-state index contributed by atoms with van der Waals surface area (Å²) in [5, 5.41) is 4.11. The first-order chi connectivity index (χ1) is 12.9. The molecule has 0 aliphatic heterocycles. The number of nitrogens with zero attached hydrogens (tertiary/aromatic N) is 1. The summed E-state index contributed by atoms with van der Waals surface area (Å²) >= 11 is 7.61. The summed E-state index contributed by atoms with van der Waals surface area (Å²) in [5.74, 6) is -0.240. The summed E-state index contributed by atoms with van der Waals surface area (Å²) in [4.78, 5) is 18.4. The van der Waals surface area contributed by atoms with E-state index in [1.54, 1.807) is 30.5 Å². The van der Waals surface area contributed by atoms with Crippen LogP contribution in [0.4, 0.5) is 5.13 Å². The Labute approximate surface area is 170 Å². The first-order valence-corrected chi connectivity index (χ1v) is 10.8. The van der Waals surface area contributed by atoms with Crippen LogP contribution in [0.3, 0.4) is 0 Å². The minimum Gasteiger partial charge on any atom is -0.298 e. The van der Waals surface area contributed by atoms with E-state index in [2.05, 4.69) is 10.3 Å². The fourth-order valence-corrected chi connectivity index (χ4v) is 4.44. The molecule has 1 atom stereocenters. The molecule has 1 N–H and O–H groups in total. The maximum atomic E-state index is 12.4. The van der Waals surface area contributed by atoms with E-state index >= 15 is 0 Å². The number of amides is 1. The van der Waals surface area contributed by atoms with E-state index in [9.17, 15) is 9.00 Å². The standard InChI is InChI=1S/C20H19ClN2O2S2/c1-13(2)27(25)17-9-7-14(8-10-17)19(24)23-20-22-12-16(26-20)11-15-5-3-4-6-18(15)21/h3-10,12-13H,11H2,1-2H3,(H,22,23,24). The summed E-state index contributed by atoms with van der Waals surface area (Å²) in [7, 11) is -1.07. The van der Waals surface area contributed by atoms with Crippen molar-refractivity contribution in [1.82, 2.24) is 4.98 Å². The van der Waals surface area contributed by atoms with Gasteiger partial charge in [0.25, 0.3) is 5.91 Å². The lowest BCUT2D eigenvalue weighted by Gasteiger charge is -2.06. The van der Waals surface area contributed by atoms with Crippen LogP contribution in [0.5, 0.6) is 0 Å². The van der Waals surface area contributed by atoms with E-state index in [4.69, 9.17) is 11.6 Å². The van der Waals surface area contributed by atoms with Gasteiger partial charge in [-0.25, -0.2) is 4.98 Å². The molecule has 0 fully saturated rings. The van der Waals surface area contributed by atoms with E-state index in [0.29, 0.717) is 17.1 Å². The molecule has 4 nitrogen and oxygen atoms in total. The van der Waals surface area contributed by atoms with Gasteiger partial charge in [-0.1, -0.05) is 43.6 Å². The van der Waals surface area contributed by atoms with Crippen LogP contribution in [0.1, 0.15) is 34.6 Å². The number of hydrogen-bond acceptors (Lipinski definition) is 4. The second-order valence-electron chi connectivity index (χ2n) is 6.22. The van der Waals surface area contributed by atoms with Crippen molar-refractivity contribution >= 4 is 44.8 Å². The fraction of sp³-hybridized carbons (Fsp3) is 0.200. The molecule has 3 aromatic rings. The van der Waals surface area contributed by atoms with Gasteiger partial charge in [-0.05, 0) is 35.9 Å². The van der Waals surface area contributed by atoms with Crippen molar-refractivity contribution in [1.29, 1.82) is 0 Å². The Morgan fingerprint density at radius 1 is 1.19 bits per heavy atom. The average molecular weight is 419 g/mol. The maximum absolute atomic E-state index is 12.4. The molecule has 0 spiro atoms. The molecule has 0 saturated heterocycles. The van der Waals surface area contributed by atoms with E-state index < -0.39 is 10.8 Å². The third-order valence-corrected chi connectivity index (χ3v) is 6.75. The number of aromatic nitrogens is 1. The van der Waals surface area contributed by atoms with Gasteiger partial charge >= 0.3 is 0 Å². The van der Waals surface area contributed by atoms with Gasteiger partial charge in [-0.15, -0.1) is 11.3 Å². The number of hydrogen-bond donors (Lipinski definition) is 1. The highest BCUT2D eigenvalue weighted by Crippen LogP contribution is 2.25. The SMILES string of the molecule is CC(C)S(=O)c1ccc(C(=O)Nc2ncc(Cc3ccccc3Cl)s2)cc1. The van der Waals surface area contributed by atoms with Crippen molar-refractivity contribution in [3.05, 3.63) is 75.8 Å². The first kappa shape index (κ1) is 19.7. The molecule has 1 unspecified atom stereocenters. The molecular formula is C20H19ClN2O2S2. The Morgan fingerprint density at radius 2 is 1.89 bits per heavy atom. The van der Waals surface area contributed by atoms with Gasteiger partial charge in [0.05, 0.1) is 10.8 Å². The van der Waals surface area contributed by atoms with Crippen LogP contribution < -0.4 is 5.32 Å². The minimum atomic E-state index is -1.07. The number of rotatable bonds is 6. The lowest BCUT2D eigenvalue weighted by Crippen LogP contribution is -2.12. The van der Waals surface area contributed by atoms with Gasteiger partial charge in [-0.2, -0.15) is 0 Å². The number of nitrogens with one attached hydrogen (secondary N) is 1. The van der Waals surface area contributed by atoms with Crippen LogP contribution in [0.2, 0.25) is 5.02 Å². The largest absolute Gasteiger partial charge is 0.298 e. The topological polar surface area (TPSA) is 59.1 Å². The molecule has 0 aliphatic rings. The molecule has 0 aliphatic carbocycles. The molecule has 1 amide bonds. The highest BCUT2D eigenvalue weighted by Gasteiger charge is 2.12. The maximum Gasteiger partial charge on any atom is 0.257 e. The molecule has 0 bridgehead atoms. The second-order valence-corrected chi connectivity index (χ2v) is 9.76. The van der Waals surface area contributed by atoms with E-state index in [1.165, 1.54) is 11.3 Å². The molecule has 0 saturated carbocycles. The van der Waals surface area contributed by atoms with Gasteiger partial charge in [0.2, 0.25) is 0 Å². The van der Waals surface area contributed by atoms with Gasteiger partial charge in [0.1, 0.15) is 0 Å². The average Bonchev–Trinajstić information content (AvgIpc) is 3.10. The number of benzene rings is 2. The Morgan fingerprint density at radius 3 is 2.56 bits per heavy atom. The quantitative estimate of drug-likeness (QED) is 0.601. The van der Waals surface area contributed by atoms with E-state index in [-0.39, 0.29) is 11.2 Å². The molecule has 3 rings (SSSR count). The van der Waals surface area contributed by atoms with Gasteiger partial charge < -0.3 is 0 Å². The molecule has 2 aromatic carbocycles. The zero-order chi connectivity index (χ0) is 19.4. The van der Waals surface area contributed by atoms with Crippen molar-refractivity contribution < 1.29 is 9.00 Å². The highest BCUT2D eigenvalue weighted by atomic mass is 35.5. The predicted molar refractivity (Wildman–Crippen MR) is 112 cm³/mol. The van der Waals surface area contributed by atoms with Crippen LogP contribution >= 0.6 is 22.9 Å². The molecule has 7 heteroatoms. The molecule has 0 radical (unpaired) electrons. The molecular weight excluding hydrogens is 400 g/mol. The summed E-state index contributed by atoms with van der Waals surface area (Å²) in [6, 6.07) is 14.5. The zero-order valence-corrected chi connectivity index (χ0v) is 17.3. The molecule has 1 aromatic heterocycles. The van der Waals surface area contributed by atoms with Crippen molar-refractivity contribution in [2.75, 3.05) is 5.32 Å². The Bertz CT molecular complexity index is 968. The Kier molecular flexibility index (Phi) is 6.42. The van der Waals surface area contributed by atoms with Crippen LogP contribution in [0.25, 0.3) is 0 Å². The van der Waals surface area contributed by atoms with Gasteiger partial charge in [0, 0.05) is 38.2 Å². The third kappa shape index (κ3) is 5.03. The van der Waals surface area contributed by atoms with E-state index in [0.717, 1.165) is 20.4 Å². The highest BCUT2D eigenvalue weighted by molar-refractivity contribution is 7.85. The molecule has 140 valence electrons. The Balaban J connectivity index is 1.65. The smallest absolute Gasteiger partial charge is 0.257 e. The van der Waals surface area contributed by atoms with Gasteiger partial charge in [0.15, 0.2) is 5.13 Å². The number of carbonyl (C=O) groups is 1. The monoisotopic (exact) mass is 418 g/mol. The van der Waals surface area contributed by atoms with E-state index in [1.807, 2.05) is 38.1 Å². The van der Waals surface area contributed by atoms with Crippen LogP contribution in [-0.4, -0.2) is 20.3 Å². The summed E-state index contributed by atoms with van der Waals surface area (Å²) < 4.78 is 12.1. The van der Waals surface area contributed by atoms with Crippen molar-refractivity contribution in [2.24, 2.45) is 0 Å². The van der Waals surface area contributed by atoms with Crippen LogP contribution in [0, 0.1) is 0 Å². The number of carbonyl (C=O) groups excluding carboxylic acids is 1. The lowest BCUT2D eigenvalue weighted by molar-refractivity contribution is 0.102. The number of thiazole rings is 1. The minimum absolute atomic E-state index is 0.0385. The Hall–Kier alpha value is -2.02. The van der Waals surface area contributed by atoms with Crippen molar-refractivity contribution in [3.63, 3.8) is 0 Å². The lowest BCUT2D eigenvalue weighted by atomic mass is 10.1. The molecule has 1 heterocycles. The van der Waals surface area contributed by atoms with Crippen LogP contribution in [0.15, 0.2) is 59.6 Å².